The Morgan fingerprint density at radius 1 is 1.26 bits per heavy atom. The summed E-state index contributed by atoms with van der Waals surface area (Å²) in [6.07, 6.45) is -0.240. The highest BCUT2D eigenvalue weighted by Gasteiger charge is 2.46. The normalized spacial score (nSPS) is 21.0. The lowest BCUT2D eigenvalue weighted by Gasteiger charge is -2.19. The van der Waals surface area contributed by atoms with Crippen molar-refractivity contribution < 1.29 is 14.7 Å². The van der Waals surface area contributed by atoms with Crippen LogP contribution in [0.3, 0.4) is 0 Å². The molecule has 0 unspecified atom stereocenters. The van der Waals surface area contributed by atoms with Crippen molar-refractivity contribution >= 4 is 28.7 Å². The summed E-state index contributed by atoms with van der Waals surface area (Å²) in [6, 6.07) is 10.3. The zero-order chi connectivity index (χ0) is 13.5. The summed E-state index contributed by atoms with van der Waals surface area (Å²) in [5, 5.41) is 14.9. The molecule has 1 atom stereocenters. The maximum absolute atomic E-state index is 12.1. The van der Waals surface area contributed by atoms with Gasteiger partial charge in [-0.25, -0.2) is 0 Å². The quantitative estimate of drug-likeness (QED) is 0.842. The molecule has 0 saturated heterocycles. The zero-order valence-corrected chi connectivity index (χ0v) is 10.7. The van der Waals surface area contributed by atoms with Gasteiger partial charge in [0, 0.05) is 11.3 Å². The van der Waals surface area contributed by atoms with E-state index in [1.54, 1.807) is 41.8 Å². The van der Waals surface area contributed by atoms with E-state index in [0.717, 1.165) is 0 Å². The number of para-hydroxylation sites is 1. The van der Waals surface area contributed by atoms with E-state index in [-0.39, 0.29) is 12.2 Å². The molecule has 0 aliphatic carbocycles. The number of thiophene rings is 1. The van der Waals surface area contributed by atoms with E-state index in [1.165, 1.54) is 11.3 Å². The molecule has 2 N–H and O–H groups in total. The first-order valence-electron chi connectivity index (χ1n) is 5.81. The monoisotopic (exact) mass is 273 g/mol. The topological polar surface area (TPSA) is 66.4 Å². The van der Waals surface area contributed by atoms with Gasteiger partial charge in [0.05, 0.1) is 11.3 Å². The van der Waals surface area contributed by atoms with Crippen LogP contribution >= 0.6 is 11.3 Å². The third kappa shape index (κ3) is 1.87. The van der Waals surface area contributed by atoms with Crippen LogP contribution in [-0.4, -0.2) is 16.8 Å². The van der Waals surface area contributed by atoms with Crippen LogP contribution in [-0.2, 0) is 10.4 Å². The van der Waals surface area contributed by atoms with E-state index in [0.29, 0.717) is 16.1 Å². The Morgan fingerprint density at radius 3 is 2.79 bits per heavy atom. The number of hydrogen-bond acceptors (Lipinski definition) is 4. The van der Waals surface area contributed by atoms with E-state index >= 15 is 0 Å². The number of Topliss-reactive ketones (excluding diaryl/α,β-unsaturated/α-hetero) is 1. The highest BCUT2D eigenvalue weighted by atomic mass is 32.1. The lowest BCUT2D eigenvalue weighted by atomic mass is 9.89. The number of rotatable bonds is 3. The molecule has 1 aromatic heterocycles. The number of benzene rings is 1. The zero-order valence-electron chi connectivity index (χ0n) is 9.92. The smallest absolute Gasteiger partial charge is 0.261 e. The van der Waals surface area contributed by atoms with Gasteiger partial charge in [-0.15, -0.1) is 11.3 Å². The highest BCUT2D eigenvalue weighted by Crippen LogP contribution is 2.38. The molecule has 1 amide bonds. The van der Waals surface area contributed by atoms with Gasteiger partial charge in [0.15, 0.2) is 11.4 Å². The van der Waals surface area contributed by atoms with Gasteiger partial charge in [0.25, 0.3) is 5.91 Å². The molecule has 2 heterocycles. The number of ketones is 1. The second-order valence-corrected chi connectivity index (χ2v) is 5.38. The average Bonchev–Trinajstić information content (AvgIpc) is 2.99. The Morgan fingerprint density at radius 2 is 2.05 bits per heavy atom. The lowest BCUT2D eigenvalue weighted by Crippen LogP contribution is -2.36. The number of aliphatic hydroxyl groups is 1. The average molecular weight is 273 g/mol. The van der Waals surface area contributed by atoms with E-state index in [4.69, 9.17) is 0 Å². The van der Waals surface area contributed by atoms with Gasteiger partial charge < -0.3 is 10.4 Å². The van der Waals surface area contributed by atoms with Gasteiger partial charge in [-0.1, -0.05) is 24.3 Å². The Balaban J connectivity index is 1.95. The van der Waals surface area contributed by atoms with Crippen molar-refractivity contribution in [2.45, 2.75) is 12.0 Å². The van der Waals surface area contributed by atoms with Crippen LogP contribution in [0.4, 0.5) is 5.69 Å². The van der Waals surface area contributed by atoms with E-state index in [2.05, 4.69) is 5.32 Å². The standard InChI is InChI=1S/C14H11NO3S/c16-11(12-6-3-7-19-12)8-14(18)9-4-1-2-5-10(9)15-13(14)17/h1-7,18H,8H2,(H,15,17)/t14-/m0/s1. The van der Waals surface area contributed by atoms with Crippen LogP contribution in [0.1, 0.15) is 21.7 Å². The van der Waals surface area contributed by atoms with Crippen LogP contribution in [0.25, 0.3) is 0 Å². The molecule has 0 bridgehead atoms. The van der Waals surface area contributed by atoms with Crippen LogP contribution in [0, 0.1) is 0 Å². The Hall–Kier alpha value is -1.98. The SMILES string of the molecule is O=C(C[C@@]1(O)C(=O)Nc2ccccc21)c1cccs1. The van der Waals surface area contributed by atoms with Gasteiger partial charge in [-0.05, 0) is 17.5 Å². The molecule has 1 aromatic carbocycles. The molecular weight excluding hydrogens is 262 g/mol. The third-order valence-corrected chi connectivity index (χ3v) is 4.12. The first kappa shape index (κ1) is 12.1. The molecule has 3 rings (SSSR count). The Kier molecular flexibility index (Phi) is 2.73. The van der Waals surface area contributed by atoms with Gasteiger partial charge in [0.1, 0.15) is 0 Å². The molecule has 4 nitrogen and oxygen atoms in total. The molecule has 0 radical (unpaired) electrons. The number of nitrogens with one attached hydrogen (secondary N) is 1. The van der Waals surface area contributed by atoms with Gasteiger partial charge in [-0.3, -0.25) is 9.59 Å². The predicted octanol–water partition coefficient (Wildman–Crippen LogP) is 2.16. The Labute approximate surface area is 113 Å². The maximum Gasteiger partial charge on any atom is 0.261 e. The van der Waals surface area contributed by atoms with Crippen molar-refractivity contribution in [3.8, 4) is 0 Å². The van der Waals surface area contributed by atoms with Crippen LogP contribution in [0.2, 0.25) is 0 Å². The van der Waals surface area contributed by atoms with E-state index < -0.39 is 11.5 Å². The highest BCUT2D eigenvalue weighted by molar-refractivity contribution is 7.12. The molecule has 96 valence electrons. The second kappa shape index (κ2) is 4.29. The molecule has 2 aromatic rings. The van der Waals surface area contributed by atoms with E-state index in [1.807, 2.05) is 0 Å². The number of amides is 1. The summed E-state index contributed by atoms with van der Waals surface area (Å²) >= 11 is 1.30. The van der Waals surface area contributed by atoms with Crippen molar-refractivity contribution in [3.63, 3.8) is 0 Å². The minimum Gasteiger partial charge on any atom is -0.375 e. The van der Waals surface area contributed by atoms with Crippen molar-refractivity contribution in [1.29, 1.82) is 0 Å². The minimum absolute atomic E-state index is 0.232. The Bertz CT molecular complexity index is 650. The van der Waals surface area contributed by atoms with Gasteiger partial charge >= 0.3 is 0 Å². The first-order valence-corrected chi connectivity index (χ1v) is 6.69. The molecule has 0 spiro atoms. The molecular formula is C14H11NO3S. The molecule has 1 aliphatic heterocycles. The fourth-order valence-corrected chi connectivity index (χ4v) is 2.90. The van der Waals surface area contributed by atoms with Crippen molar-refractivity contribution in [1.82, 2.24) is 0 Å². The number of fused-ring (bicyclic) bond motifs is 1. The van der Waals surface area contributed by atoms with Crippen molar-refractivity contribution in [2.24, 2.45) is 0 Å². The van der Waals surface area contributed by atoms with Crippen LogP contribution in [0.5, 0.6) is 0 Å². The summed E-state index contributed by atoms with van der Waals surface area (Å²) < 4.78 is 0. The lowest BCUT2D eigenvalue weighted by molar-refractivity contribution is -0.133. The van der Waals surface area contributed by atoms with Crippen molar-refractivity contribution in [2.75, 3.05) is 5.32 Å². The van der Waals surface area contributed by atoms with Gasteiger partial charge in [0.2, 0.25) is 0 Å². The van der Waals surface area contributed by atoms with Crippen LogP contribution in [0.15, 0.2) is 41.8 Å². The van der Waals surface area contributed by atoms with Gasteiger partial charge in [-0.2, -0.15) is 0 Å². The summed E-state index contributed by atoms with van der Waals surface area (Å²) in [5.74, 6) is -0.775. The molecule has 1 aliphatic rings. The third-order valence-electron chi connectivity index (χ3n) is 3.21. The summed E-state index contributed by atoms with van der Waals surface area (Å²) in [5.41, 5.74) is -0.739. The second-order valence-electron chi connectivity index (χ2n) is 4.44. The first-order chi connectivity index (χ1) is 9.11. The minimum atomic E-state index is -1.77. The maximum atomic E-state index is 12.1. The van der Waals surface area contributed by atoms with Crippen LogP contribution < -0.4 is 5.32 Å². The largest absolute Gasteiger partial charge is 0.375 e. The fraction of sp³-hybridized carbons (Fsp3) is 0.143. The molecule has 19 heavy (non-hydrogen) atoms. The fourth-order valence-electron chi connectivity index (χ4n) is 2.23. The molecule has 0 fully saturated rings. The molecule has 0 saturated carbocycles. The van der Waals surface area contributed by atoms with E-state index in [9.17, 15) is 14.7 Å². The summed E-state index contributed by atoms with van der Waals surface area (Å²) in [7, 11) is 0. The number of anilines is 1. The summed E-state index contributed by atoms with van der Waals surface area (Å²) in [4.78, 5) is 24.6. The predicted molar refractivity (Wildman–Crippen MR) is 72.2 cm³/mol. The van der Waals surface area contributed by atoms with Crippen molar-refractivity contribution in [3.05, 3.63) is 52.2 Å². The number of carbonyl (C=O) groups excluding carboxylic acids is 2. The number of hydrogen-bond donors (Lipinski definition) is 2. The number of carbonyl (C=O) groups is 2. The summed E-state index contributed by atoms with van der Waals surface area (Å²) in [6.45, 7) is 0. The molecule has 5 heteroatoms.